The summed E-state index contributed by atoms with van der Waals surface area (Å²) in [4.78, 5) is 23.5. The molecule has 6 nitrogen and oxygen atoms in total. The second-order valence-corrected chi connectivity index (χ2v) is 6.70. The average molecular weight is 371 g/mol. The summed E-state index contributed by atoms with van der Waals surface area (Å²) in [6.07, 6.45) is -1.03. The Balaban J connectivity index is 2.00. The van der Waals surface area contributed by atoms with Crippen LogP contribution in [-0.2, 0) is 14.3 Å². The van der Waals surface area contributed by atoms with Gasteiger partial charge < -0.3 is 19.9 Å². The molecule has 2 N–H and O–H groups in total. The predicted molar refractivity (Wildman–Crippen MR) is 103 cm³/mol. The summed E-state index contributed by atoms with van der Waals surface area (Å²) in [5, 5.41) is 11.8. The van der Waals surface area contributed by atoms with Crippen molar-refractivity contribution in [3.8, 4) is 16.9 Å². The first-order valence-electron chi connectivity index (χ1n) is 8.68. The molecule has 0 heterocycles. The quantitative estimate of drug-likeness (QED) is 0.707. The number of benzene rings is 2. The van der Waals surface area contributed by atoms with Crippen LogP contribution in [-0.4, -0.2) is 42.3 Å². The van der Waals surface area contributed by atoms with Crippen LogP contribution in [0.2, 0.25) is 0 Å². The maximum atomic E-state index is 12.4. The number of carbonyl (C=O) groups is 2. The van der Waals surface area contributed by atoms with Crippen LogP contribution in [0.1, 0.15) is 20.3 Å². The van der Waals surface area contributed by atoms with Gasteiger partial charge in [-0.1, -0.05) is 42.5 Å². The zero-order valence-corrected chi connectivity index (χ0v) is 15.8. The minimum Gasteiger partial charge on any atom is -0.481 e. The van der Waals surface area contributed by atoms with Gasteiger partial charge in [-0.15, -0.1) is 0 Å². The molecule has 2 aromatic carbocycles. The number of amides is 1. The minimum absolute atomic E-state index is 0.0868. The molecule has 2 atom stereocenters. The molecule has 0 radical (unpaired) electrons. The Bertz CT molecular complexity index is 760. The molecule has 0 aliphatic carbocycles. The molecule has 0 spiro atoms. The van der Waals surface area contributed by atoms with Crippen molar-refractivity contribution >= 4 is 11.9 Å². The first-order valence-corrected chi connectivity index (χ1v) is 8.68. The third-order valence-corrected chi connectivity index (χ3v) is 4.07. The number of aliphatic carboxylic acids is 1. The number of hydrogen-bond acceptors (Lipinski definition) is 4. The highest BCUT2D eigenvalue weighted by atomic mass is 16.5. The Morgan fingerprint density at radius 3 is 2.22 bits per heavy atom. The summed E-state index contributed by atoms with van der Waals surface area (Å²) in [7, 11) is 1.46. The van der Waals surface area contributed by atoms with Crippen molar-refractivity contribution in [1.82, 2.24) is 5.32 Å². The summed E-state index contributed by atoms with van der Waals surface area (Å²) in [5.41, 5.74) is 1.14. The first-order chi connectivity index (χ1) is 12.8. The molecule has 2 aromatic rings. The van der Waals surface area contributed by atoms with Crippen LogP contribution in [0.4, 0.5) is 0 Å². The molecule has 0 aliphatic heterocycles. The number of methoxy groups -OCH3 is 1. The Labute approximate surface area is 159 Å². The van der Waals surface area contributed by atoms with Crippen LogP contribution in [0.5, 0.6) is 5.75 Å². The van der Waals surface area contributed by atoms with Gasteiger partial charge in [0.2, 0.25) is 0 Å². The molecular formula is C21H25NO5. The highest BCUT2D eigenvalue weighted by Gasteiger charge is 2.31. The maximum absolute atomic E-state index is 12.4. The lowest BCUT2D eigenvalue weighted by molar-refractivity contribution is -0.140. The van der Waals surface area contributed by atoms with Gasteiger partial charge in [0.25, 0.3) is 5.91 Å². The Kier molecular flexibility index (Phi) is 6.96. The van der Waals surface area contributed by atoms with Gasteiger partial charge in [-0.25, -0.2) is 0 Å². The summed E-state index contributed by atoms with van der Waals surface area (Å²) in [6.45, 7) is 3.34. The summed E-state index contributed by atoms with van der Waals surface area (Å²) in [5.74, 6) is -0.855. The summed E-state index contributed by atoms with van der Waals surface area (Å²) >= 11 is 0. The lowest BCUT2D eigenvalue weighted by atomic mass is 9.98. The number of ether oxygens (including phenoxy) is 2. The maximum Gasteiger partial charge on any atom is 0.305 e. The fraction of sp³-hybridized carbons (Fsp3) is 0.333. The van der Waals surface area contributed by atoms with Crippen molar-refractivity contribution in [2.75, 3.05) is 13.7 Å². The molecule has 0 aliphatic rings. The van der Waals surface area contributed by atoms with E-state index in [1.54, 1.807) is 26.0 Å². The molecule has 2 rings (SSSR count). The SMILES string of the molecule is COCC(C)(CC(=O)O)NC(=O)C(C)Oc1ccc(-c2ccccc2)cc1. The highest BCUT2D eigenvalue weighted by molar-refractivity contribution is 5.82. The molecular weight excluding hydrogens is 346 g/mol. The van der Waals surface area contributed by atoms with Gasteiger partial charge in [0.05, 0.1) is 18.6 Å². The fourth-order valence-electron chi connectivity index (χ4n) is 2.80. The number of nitrogens with one attached hydrogen (secondary N) is 1. The first kappa shape index (κ1) is 20.5. The standard InChI is InChI=1S/C21H25NO5/c1-15(20(25)22-21(2,14-26-3)13-19(23)24)27-18-11-9-17(10-12-18)16-7-5-4-6-8-16/h4-12,15H,13-14H2,1-3H3,(H,22,25)(H,23,24). The van der Waals surface area contributed by atoms with Gasteiger partial charge in [0, 0.05) is 7.11 Å². The van der Waals surface area contributed by atoms with Crippen LogP contribution >= 0.6 is 0 Å². The van der Waals surface area contributed by atoms with E-state index in [4.69, 9.17) is 14.6 Å². The molecule has 0 aromatic heterocycles. The van der Waals surface area contributed by atoms with E-state index in [1.165, 1.54) is 7.11 Å². The highest BCUT2D eigenvalue weighted by Crippen LogP contribution is 2.22. The zero-order chi connectivity index (χ0) is 19.9. The number of carboxylic acids is 1. The number of carbonyl (C=O) groups excluding carboxylic acids is 1. The van der Waals surface area contributed by atoms with E-state index in [0.29, 0.717) is 5.75 Å². The number of rotatable bonds is 9. The average Bonchev–Trinajstić information content (AvgIpc) is 2.62. The number of hydrogen-bond donors (Lipinski definition) is 2. The van der Waals surface area contributed by atoms with Crippen molar-refractivity contribution in [3.63, 3.8) is 0 Å². The van der Waals surface area contributed by atoms with E-state index in [9.17, 15) is 9.59 Å². The summed E-state index contributed by atoms with van der Waals surface area (Å²) < 4.78 is 10.7. The van der Waals surface area contributed by atoms with E-state index in [-0.39, 0.29) is 13.0 Å². The zero-order valence-electron chi connectivity index (χ0n) is 15.8. The minimum atomic E-state index is -1.01. The van der Waals surface area contributed by atoms with Gasteiger partial charge in [0.15, 0.2) is 6.10 Å². The van der Waals surface area contributed by atoms with Crippen LogP contribution in [0.25, 0.3) is 11.1 Å². The second kappa shape index (κ2) is 9.19. The van der Waals surface area contributed by atoms with Gasteiger partial charge in [-0.05, 0) is 37.1 Å². The van der Waals surface area contributed by atoms with Gasteiger partial charge in [0.1, 0.15) is 5.75 Å². The Morgan fingerprint density at radius 1 is 1.07 bits per heavy atom. The Hall–Kier alpha value is -2.86. The van der Waals surface area contributed by atoms with E-state index in [0.717, 1.165) is 11.1 Å². The van der Waals surface area contributed by atoms with Crippen molar-refractivity contribution in [3.05, 3.63) is 54.6 Å². The van der Waals surface area contributed by atoms with Crippen molar-refractivity contribution in [2.45, 2.75) is 31.9 Å². The Morgan fingerprint density at radius 2 is 1.67 bits per heavy atom. The normalized spacial score (nSPS) is 14.0. The van der Waals surface area contributed by atoms with E-state index in [2.05, 4.69) is 5.32 Å². The van der Waals surface area contributed by atoms with E-state index >= 15 is 0 Å². The summed E-state index contributed by atoms with van der Waals surface area (Å²) in [6, 6.07) is 17.4. The fourth-order valence-corrected chi connectivity index (χ4v) is 2.80. The lowest BCUT2D eigenvalue weighted by Gasteiger charge is -2.29. The topological polar surface area (TPSA) is 84.9 Å². The molecule has 144 valence electrons. The number of carboxylic acid groups (broad SMARTS) is 1. The van der Waals surface area contributed by atoms with E-state index < -0.39 is 23.5 Å². The molecule has 2 unspecified atom stereocenters. The molecule has 0 saturated heterocycles. The molecule has 0 saturated carbocycles. The monoisotopic (exact) mass is 371 g/mol. The van der Waals surface area contributed by atoms with Gasteiger partial charge in [-0.2, -0.15) is 0 Å². The van der Waals surface area contributed by atoms with Crippen LogP contribution in [0.3, 0.4) is 0 Å². The molecule has 1 amide bonds. The van der Waals surface area contributed by atoms with Crippen LogP contribution < -0.4 is 10.1 Å². The van der Waals surface area contributed by atoms with Gasteiger partial charge in [-0.3, -0.25) is 9.59 Å². The molecule has 0 fully saturated rings. The lowest BCUT2D eigenvalue weighted by Crippen LogP contribution is -2.54. The van der Waals surface area contributed by atoms with Crippen molar-refractivity contribution in [1.29, 1.82) is 0 Å². The third kappa shape index (κ3) is 6.11. The second-order valence-electron chi connectivity index (χ2n) is 6.70. The van der Waals surface area contributed by atoms with Crippen LogP contribution in [0.15, 0.2) is 54.6 Å². The molecule has 0 bridgehead atoms. The van der Waals surface area contributed by atoms with Crippen molar-refractivity contribution in [2.24, 2.45) is 0 Å². The van der Waals surface area contributed by atoms with E-state index in [1.807, 2.05) is 42.5 Å². The van der Waals surface area contributed by atoms with Crippen molar-refractivity contribution < 1.29 is 24.2 Å². The smallest absolute Gasteiger partial charge is 0.305 e. The van der Waals surface area contributed by atoms with Crippen LogP contribution in [0, 0.1) is 0 Å². The molecule has 27 heavy (non-hydrogen) atoms. The largest absolute Gasteiger partial charge is 0.481 e. The molecule has 6 heteroatoms. The van der Waals surface area contributed by atoms with Gasteiger partial charge >= 0.3 is 5.97 Å². The third-order valence-electron chi connectivity index (χ3n) is 4.07. The predicted octanol–water partition coefficient (Wildman–Crippen LogP) is 3.12.